The first-order chi connectivity index (χ1) is 38.7. The fraction of sp³-hybridized carbons (Fsp3) is 0.822. The Kier molecular flexibility index (Phi) is 20.9. The maximum atomic E-state index is 4.37. The van der Waals surface area contributed by atoms with Crippen molar-refractivity contribution in [3.63, 3.8) is 0 Å². The van der Waals surface area contributed by atoms with E-state index >= 15 is 0 Å². The summed E-state index contributed by atoms with van der Waals surface area (Å²) in [6, 6.07) is 5.89. The standard InChI is InChI=1S/C73H118N6/c1-54-68(49-76(60-31-15-7-16-32-60)61-33-17-8-18-34-61)56(3)72(57(4)69(54)50-77(62-35-19-9-20-36-62)63-37-21-10-22-38-63)74-47-48-75(53-74)73-58(5)70(51-78(64-39-23-11-24-40-64)65-41-25-12-26-42-65)55(2)71(59(73)6)52-79(66-43-27-13-28-44-66)67-45-29-14-30-46-67/h60-67H,7-52H2,1-6H3. The van der Waals surface area contributed by atoms with Crippen molar-refractivity contribution >= 4 is 11.4 Å². The molecule has 0 bridgehead atoms. The summed E-state index contributed by atoms with van der Waals surface area (Å²) < 4.78 is 0. The van der Waals surface area contributed by atoms with Crippen molar-refractivity contribution in [3.8, 4) is 0 Å². The maximum absolute atomic E-state index is 4.37. The molecule has 79 heavy (non-hydrogen) atoms. The van der Waals surface area contributed by atoms with Gasteiger partial charge >= 0.3 is 0 Å². The Morgan fingerprint density at radius 1 is 0.253 bits per heavy atom. The molecule has 2 aromatic carbocycles. The third-order valence-corrected chi connectivity index (χ3v) is 24.1. The van der Waals surface area contributed by atoms with E-state index in [0.29, 0.717) is 0 Å². The van der Waals surface area contributed by atoms with E-state index in [4.69, 9.17) is 0 Å². The van der Waals surface area contributed by atoms with Crippen LogP contribution in [0.25, 0.3) is 0 Å². The highest BCUT2D eigenvalue weighted by molar-refractivity contribution is 5.73. The average molecular weight is 1080 g/mol. The summed E-state index contributed by atoms with van der Waals surface area (Å²) in [4.78, 5) is 18.0. The summed E-state index contributed by atoms with van der Waals surface area (Å²) in [5.74, 6) is 0. The highest BCUT2D eigenvalue weighted by atomic mass is 15.4. The van der Waals surface area contributed by atoms with E-state index < -0.39 is 0 Å². The Labute approximate surface area is 486 Å². The summed E-state index contributed by atoms with van der Waals surface area (Å²) in [6.07, 6.45) is 56.6. The van der Waals surface area contributed by atoms with E-state index in [-0.39, 0.29) is 0 Å². The minimum atomic E-state index is 0.736. The molecule has 11 rings (SSSR count). The number of rotatable bonds is 18. The van der Waals surface area contributed by atoms with E-state index in [9.17, 15) is 0 Å². The molecule has 8 saturated carbocycles. The van der Waals surface area contributed by atoms with Crippen LogP contribution in [0, 0.1) is 48.2 Å². The van der Waals surface area contributed by atoms with Gasteiger partial charge in [0.15, 0.2) is 0 Å². The van der Waals surface area contributed by atoms with Gasteiger partial charge in [-0.1, -0.05) is 154 Å². The SMILES string of the molecule is Cc1c(CN(C2CCCCC2)C2CCCCC2)c(C)c(N2[C]N(c3c(C)c(CN(C4CCCCC4)C4CCCCC4)c(C)c(CN(C4CCCCC4)C4CCCCC4)c3C)CC2)c(C)c1CN(C1CCCCC1)C1CCCCC1. The smallest absolute Gasteiger partial charge is 0.208 e. The van der Waals surface area contributed by atoms with Crippen LogP contribution in [0.5, 0.6) is 0 Å². The van der Waals surface area contributed by atoms with E-state index in [0.717, 1.165) is 87.6 Å². The lowest BCUT2D eigenvalue weighted by Crippen LogP contribution is -2.45. The van der Waals surface area contributed by atoms with Crippen LogP contribution in [0.15, 0.2) is 0 Å². The van der Waals surface area contributed by atoms with Crippen molar-refractivity contribution < 1.29 is 0 Å². The first kappa shape index (κ1) is 58.6. The van der Waals surface area contributed by atoms with Gasteiger partial charge in [-0.15, -0.1) is 0 Å². The molecule has 1 heterocycles. The summed E-state index contributed by atoms with van der Waals surface area (Å²) >= 11 is 0. The Hall–Kier alpha value is -2.12. The molecule has 440 valence electrons. The van der Waals surface area contributed by atoms with Crippen LogP contribution in [0.3, 0.4) is 0 Å². The average Bonchev–Trinajstić information content (AvgIpc) is 4.09. The molecule has 1 saturated heterocycles. The quantitative estimate of drug-likeness (QED) is 0.147. The van der Waals surface area contributed by atoms with Crippen LogP contribution in [-0.4, -0.2) is 81.0 Å². The zero-order valence-corrected chi connectivity index (χ0v) is 52.3. The summed E-state index contributed by atoms with van der Waals surface area (Å²) in [5.41, 5.74) is 19.3. The van der Waals surface area contributed by atoms with E-state index in [1.54, 1.807) is 55.6 Å². The molecular weight excluding hydrogens is 961 g/mol. The highest BCUT2D eigenvalue weighted by Crippen LogP contribution is 2.46. The normalized spacial score (nSPS) is 24.4. The zero-order valence-electron chi connectivity index (χ0n) is 52.3. The van der Waals surface area contributed by atoms with Crippen LogP contribution < -0.4 is 9.80 Å². The summed E-state index contributed by atoms with van der Waals surface area (Å²) in [5, 5.41) is 0. The van der Waals surface area contributed by atoms with Crippen LogP contribution in [0.2, 0.25) is 0 Å². The third-order valence-electron chi connectivity index (χ3n) is 24.1. The fourth-order valence-electron chi connectivity index (χ4n) is 19.4. The number of nitrogens with zero attached hydrogens (tertiary/aromatic N) is 6. The molecule has 2 radical (unpaired) electrons. The van der Waals surface area contributed by atoms with Gasteiger partial charge in [-0.05, 0) is 200 Å². The lowest BCUT2D eigenvalue weighted by Gasteiger charge is -2.44. The fourth-order valence-corrected chi connectivity index (χ4v) is 19.4. The molecule has 0 aromatic heterocycles. The van der Waals surface area contributed by atoms with Gasteiger partial charge in [-0.2, -0.15) is 0 Å². The second-order valence-corrected chi connectivity index (χ2v) is 28.8. The number of hydrogen-bond donors (Lipinski definition) is 0. The van der Waals surface area contributed by atoms with Crippen LogP contribution in [-0.2, 0) is 26.2 Å². The largest absolute Gasteiger partial charge is 0.339 e. The Bertz CT molecular complexity index is 1850. The molecule has 1 aliphatic heterocycles. The zero-order chi connectivity index (χ0) is 54.2. The molecule has 2 aromatic rings. The molecule has 9 fully saturated rings. The molecule has 0 N–H and O–H groups in total. The lowest BCUT2D eigenvalue weighted by atomic mass is 9.84. The second kappa shape index (κ2) is 28.2. The van der Waals surface area contributed by atoms with Gasteiger partial charge in [0.05, 0.1) is 0 Å². The maximum Gasteiger partial charge on any atom is 0.208 e. The van der Waals surface area contributed by atoms with Crippen molar-refractivity contribution in [1.29, 1.82) is 0 Å². The minimum absolute atomic E-state index is 0.736. The Balaban J connectivity index is 0.995. The molecular formula is C73H118N6. The molecule has 6 nitrogen and oxygen atoms in total. The van der Waals surface area contributed by atoms with Gasteiger partial charge in [-0.3, -0.25) is 19.6 Å². The topological polar surface area (TPSA) is 19.4 Å². The van der Waals surface area contributed by atoms with Crippen molar-refractivity contribution in [2.24, 2.45) is 0 Å². The van der Waals surface area contributed by atoms with Gasteiger partial charge < -0.3 is 9.80 Å². The van der Waals surface area contributed by atoms with Crippen molar-refractivity contribution in [2.45, 2.75) is 373 Å². The third kappa shape index (κ3) is 13.5. The van der Waals surface area contributed by atoms with Crippen LogP contribution in [0.1, 0.15) is 312 Å². The summed E-state index contributed by atoms with van der Waals surface area (Å²) in [6.45, 7) is 26.5. The molecule has 0 amide bonds. The van der Waals surface area contributed by atoms with E-state index in [1.807, 2.05) is 0 Å². The van der Waals surface area contributed by atoms with Crippen LogP contribution in [0.4, 0.5) is 11.4 Å². The second-order valence-electron chi connectivity index (χ2n) is 28.8. The van der Waals surface area contributed by atoms with E-state index in [2.05, 4.69) is 77.6 Å². The molecule has 0 unspecified atom stereocenters. The lowest BCUT2D eigenvalue weighted by molar-refractivity contribution is 0.0706. The monoisotopic (exact) mass is 1080 g/mol. The molecule has 9 aliphatic rings. The molecule has 8 aliphatic carbocycles. The minimum Gasteiger partial charge on any atom is -0.339 e. The predicted molar refractivity (Wildman–Crippen MR) is 336 cm³/mol. The summed E-state index contributed by atoms with van der Waals surface area (Å²) in [7, 11) is 0. The first-order valence-electron chi connectivity index (χ1n) is 35.3. The Morgan fingerprint density at radius 2 is 0.418 bits per heavy atom. The van der Waals surface area contributed by atoms with Gasteiger partial charge in [0.2, 0.25) is 6.67 Å². The molecule has 6 heteroatoms. The van der Waals surface area contributed by atoms with Crippen molar-refractivity contribution in [1.82, 2.24) is 19.6 Å². The van der Waals surface area contributed by atoms with Crippen molar-refractivity contribution in [3.05, 3.63) is 62.3 Å². The molecule has 0 spiro atoms. The van der Waals surface area contributed by atoms with Gasteiger partial charge in [-0.25, -0.2) is 0 Å². The Morgan fingerprint density at radius 3 is 0.582 bits per heavy atom. The van der Waals surface area contributed by atoms with Crippen molar-refractivity contribution in [2.75, 3.05) is 22.9 Å². The van der Waals surface area contributed by atoms with E-state index in [1.165, 1.54) is 268 Å². The van der Waals surface area contributed by atoms with Gasteiger partial charge in [0.1, 0.15) is 0 Å². The van der Waals surface area contributed by atoms with Gasteiger partial charge in [0.25, 0.3) is 0 Å². The first-order valence-corrected chi connectivity index (χ1v) is 35.3. The van der Waals surface area contributed by atoms with Crippen LogP contribution >= 0.6 is 0 Å². The number of benzene rings is 2. The predicted octanol–water partition coefficient (Wildman–Crippen LogP) is 18.7. The van der Waals surface area contributed by atoms with Gasteiger partial charge in [0, 0.05) is 99.0 Å². The highest BCUT2D eigenvalue weighted by Gasteiger charge is 2.39. The molecule has 0 atom stereocenters. The number of hydrogen-bond acceptors (Lipinski definition) is 6. The number of anilines is 2.